The highest BCUT2D eigenvalue weighted by Crippen LogP contribution is 2.34. The van der Waals surface area contributed by atoms with Crippen molar-refractivity contribution in [2.45, 2.75) is 45.1 Å². The highest BCUT2D eigenvalue weighted by Gasteiger charge is 2.30. The van der Waals surface area contributed by atoms with Crippen LogP contribution >= 0.6 is 31.9 Å². The van der Waals surface area contributed by atoms with Crippen molar-refractivity contribution in [2.24, 2.45) is 5.92 Å². The SMILES string of the molecule is O=C(C1CCCCC1)N1CCc2[nH]c(Br)c(Br)c2C1. The van der Waals surface area contributed by atoms with Gasteiger partial charge in [-0.25, -0.2) is 0 Å². The molecule has 1 saturated carbocycles. The van der Waals surface area contributed by atoms with Crippen LogP contribution in [0.3, 0.4) is 0 Å². The fourth-order valence-electron chi connectivity index (χ4n) is 3.22. The number of nitrogens with zero attached hydrogens (tertiary/aromatic N) is 1. The van der Waals surface area contributed by atoms with Gasteiger partial charge in [0.15, 0.2) is 0 Å². The molecule has 1 amide bonds. The first-order valence-electron chi connectivity index (χ1n) is 7.00. The number of amides is 1. The highest BCUT2D eigenvalue weighted by atomic mass is 79.9. The monoisotopic (exact) mass is 388 g/mol. The molecular formula is C14H18Br2N2O. The van der Waals surface area contributed by atoms with E-state index in [0.717, 1.165) is 41.4 Å². The number of aromatic nitrogens is 1. The van der Waals surface area contributed by atoms with Gasteiger partial charge in [0.2, 0.25) is 5.91 Å². The minimum atomic E-state index is 0.274. The van der Waals surface area contributed by atoms with Gasteiger partial charge in [0, 0.05) is 36.7 Å². The van der Waals surface area contributed by atoms with Gasteiger partial charge in [-0.05, 0) is 44.7 Å². The normalized spacial score (nSPS) is 20.4. The molecule has 0 spiro atoms. The van der Waals surface area contributed by atoms with Gasteiger partial charge in [-0.2, -0.15) is 0 Å². The predicted octanol–water partition coefficient (Wildman–Crippen LogP) is 4.00. The lowest BCUT2D eigenvalue weighted by molar-refractivity contribution is -0.137. The van der Waals surface area contributed by atoms with Gasteiger partial charge < -0.3 is 9.88 Å². The van der Waals surface area contributed by atoms with E-state index in [2.05, 4.69) is 36.8 Å². The minimum absolute atomic E-state index is 0.274. The van der Waals surface area contributed by atoms with Gasteiger partial charge in [-0.3, -0.25) is 4.79 Å². The molecule has 1 aromatic rings. The Labute approximate surface area is 130 Å². The van der Waals surface area contributed by atoms with E-state index in [0.29, 0.717) is 5.91 Å². The summed E-state index contributed by atoms with van der Waals surface area (Å²) in [5.74, 6) is 0.644. The van der Waals surface area contributed by atoms with Gasteiger partial charge >= 0.3 is 0 Å². The summed E-state index contributed by atoms with van der Waals surface area (Å²) in [5, 5.41) is 0. The zero-order valence-corrected chi connectivity index (χ0v) is 14.0. The maximum atomic E-state index is 12.6. The fourth-order valence-corrected chi connectivity index (χ4v) is 4.16. The molecule has 19 heavy (non-hydrogen) atoms. The quantitative estimate of drug-likeness (QED) is 0.773. The molecule has 3 nitrogen and oxygen atoms in total. The van der Waals surface area contributed by atoms with Crippen LogP contribution in [0.1, 0.15) is 43.4 Å². The molecule has 0 unspecified atom stereocenters. The number of H-pyrrole nitrogens is 1. The van der Waals surface area contributed by atoms with Crippen LogP contribution in [0.5, 0.6) is 0 Å². The van der Waals surface area contributed by atoms with Gasteiger partial charge in [-0.1, -0.05) is 19.3 Å². The standard InChI is InChI=1S/C14H18Br2N2O/c15-12-10-8-18(7-6-11(10)17-13(12)16)14(19)9-4-2-1-3-5-9/h9,17H,1-8H2. The summed E-state index contributed by atoms with van der Waals surface area (Å²) >= 11 is 7.10. The lowest BCUT2D eigenvalue weighted by atomic mass is 9.88. The van der Waals surface area contributed by atoms with Crippen molar-refractivity contribution in [3.63, 3.8) is 0 Å². The van der Waals surface area contributed by atoms with Crippen LogP contribution in [0, 0.1) is 5.92 Å². The number of nitrogens with one attached hydrogen (secondary N) is 1. The second kappa shape index (κ2) is 5.60. The first-order chi connectivity index (χ1) is 9.16. The maximum Gasteiger partial charge on any atom is 0.225 e. The maximum absolute atomic E-state index is 12.6. The molecule has 0 aromatic carbocycles. The van der Waals surface area contributed by atoms with Crippen LogP contribution in [0.4, 0.5) is 0 Å². The van der Waals surface area contributed by atoms with Crippen LogP contribution in [0.15, 0.2) is 9.08 Å². The van der Waals surface area contributed by atoms with E-state index in [4.69, 9.17) is 0 Å². The number of hydrogen-bond donors (Lipinski definition) is 1. The van der Waals surface area contributed by atoms with E-state index in [1.807, 2.05) is 4.90 Å². The Morgan fingerprint density at radius 2 is 1.95 bits per heavy atom. The molecule has 0 saturated heterocycles. The van der Waals surface area contributed by atoms with Crippen LogP contribution in [0.2, 0.25) is 0 Å². The van der Waals surface area contributed by atoms with Crippen molar-refractivity contribution in [1.29, 1.82) is 0 Å². The molecule has 3 rings (SSSR count). The van der Waals surface area contributed by atoms with Crippen LogP contribution in [-0.2, 0) is 17.8 Å². The molecule has 104 valence electrons. The average molecular weight is 390 g/mol. The van der Waals surface area contributed by atoms with E-state index in [9.17, 15) is 4.79 Å². The van der Waals surface area contributed by atoms with Crippen molar-refractivity contribution < 1.29 is 4.79 Å². The van der Waals surface area contributed by atoms with Crippen LogP contribution in [-0.4, -0.2) is 22.3 Å². The van der Waals surface area contributed by atoms with E-state index in [1.54, 1.807) is 0 Å². The van der Waals surface area contributed by atoms with Crippen molar-refractivity contribution in [2.75, 3.05) is 6.54 Å². The van der Waals surface area contributed by atoms with Gasteiger partial charge in [0.05, 0.1) is 9.08 Å². The number of rotatable bonds is 1. The summed E-state index contributed by atoms with van der Waals surface area (Å²) in [6, 6.07) is 0. The molecule has 1 aliphatic carbocycles. The molecule has 1 fully saturated rings. The Bertz CT molecular complexity index is 492. The van der Waals surface area contributed by atoms with Crippen LogP contribution in [0.25, 0.3) is 0 Å². The zero-order valence-electron chi connectivity index (χ0n) is 10.8. The Hall–Kier alpha value is -0.290. The summed E-state index contributed by atoms with van der Waals surface area (Å²) in [4.78, 5) is 18.0. The van der Waals surface area contributed by atoms with E-state index in [-0.39, 0.29) is 5.92 Å². The largest absolute Gasteiger partial charge is 0.352 e. The highest BCUT2D eigenvalue weighted by molar-refractivity contribution is 9.13. The summed E-state index contributed by atoms with van der Waals surface area (Å²) in [6.45, 7) is 1.59. The topological polar surface area (TPSA) is 36.1 Å². The molecule has 2 heterocycles. The van der Waals surface area contributed by atoms with Crippen molar-refractivity contribution in [3.8, 4) is 0 Å². The van der Waals surface area contributed by atoms with E-state index >= 15 is 0 Å². The lowest BCUT2D eigenvalue weighted by Crippen LogP contribution is -2.40. The third kappa shape index (κ3) is 2.64. The summed E-state index contributed by atoms with van der Waals surface area (Å²) < 4.78 is 2.06. The molecule has 1 aromatic heterocycles. The Morgan fingerprint density at radius 1 is 1.21 bits per heavy atom. The number of carbonyl (C=O) groups is 1. The first-order valence-corrected chi connectivity index (χ1v) is 8.59. The smallest absolute Gasteiger partial charge is 0.225 e. The fraction of sp³-hybridized carbons (Fsp3) is 0.643. The van der Waals surface area contributed by atoms with Crippen molar-refractivity contribution in [1.82, 2.24) is 9.88 Å². The molecule has 2 aliphatic rings. The number of hydrogen-bond acceptors (Lipinski definition) is 1. The second-order valence-electron chi connectivity index (χ2n) is 5.55. The summed E-state index contributed by atoms with van der Waals surface area (Å²) in [5.41, 5.74) is 2.49. The van der Waals surface area contributed by atoms with E-state index < -0.39 is 0 Å². The Morgan fingerprint density at radius 3 is 2.68 bits per heavy atom. The van der Waals surface area contributed by atoms with Crippen molar-refractivity contribution in [3.05, 3.63) is 20.3 Å². The van der Waals surface area contributed by atoms with Crippen molar-refractivity contribution >= 4 is 37.8 Å². The minimum Gasteiger partial charge on any atom is -0.352 e. The molecule has 5 heteroatoms. The average Bonchev–Trinajstić information content (AvgIpc) is 2.74. The lowest BCUT2D eigenvalue weighted by Gasteiger charge is -2.32. The molecule has 0 bridgehead atoms. The van der Waals surface area contributed by atoms with Gasteiger partial charge in [0.25, 0.3) is 0 Å². The first kappa shape index (κ1) is 13.7. The second-order valence-corrected chi connectivity index (χ2v) is 7.14. The number of halogens is 2. The Kier molecular flexibility index (Phi) is 4.03. The van der Waals surface area contributed by atoms with E-state index in [1.165, 1.54) is 30.5 Å². The third-order valence-electron chi connectivity index (χ3n) is 4.33. The number of carbonyl (C=O) groups excluding carboxylic acids is 1. The van der Waals surface area contributed by atoms with Crippen LogP contribution < -0.4 is 0 Å². The molecule has 0 atom stereocenters. The number of aromatic amines is 1. The predicted molar refractivity (Wildman–Crippen MR) is 81.9 cm³/mol. The molecule has 1 N–H and O–H groups in total. The molecule has 0 radical (unpaired) electrons. The van der Waals surface area contributed by atoms with Gasteiger partial charge in [-0.15, -0.1) is 0 Å². The zero-order chi connectivity index (χ0) is 13.4. The summed E-state index contributed by atoms with van der Waals surface area (Å²) in [6.07, 6.45) is 6.83. The summed E-state index contributed by atoms with van der Waals surface area (Å²) in [7, 11) is 0. The number of fused-ring (bicyclic) bond motifs is 1. The Balaban J connectivity index is 1.74. The van der Waals surface area contributed by atoms with Gasteiger partial charge in [0.1, 0.15) is 0 Å². The molecular weight excluding hydrogens is 372 g/mol. The third-order valence-corrected chi connectivity index (χ3v) is 6.33. The molecule has 1 aliphatic heterocycles.